The van der Waals surface area contributed by atoms with Crippen molar-refractivity contribution in [1.82, 2.24) is 0 Å². The van der Waals surface area contributed by atoms with Gasteiger partial charge < -0.3 is 4.84 Å². The number of aryl methyl sites for hydroxylation is 1. The second kappa shape index (κ2) is 5.30. The van der Waals surface area contributed by atoms with Gasteiger partial charge in [-0.1, -0.05) is 35.0 Å². The number of hydrogen-bond donors (Lipinski definition) is 0. The molecular weight excluding hydrogens is 290 g/mol. The van der Waals surface area contributed by atoms with Gasteiger partial charge in [0.15, 0.2) is 5.78 Å². The van der Waals surface area contributed by atoms with Crippen LogP contribution in [0, 0.1) is 30.6 Å². The minimum Gasteiger partial charge on any atom is -0.313 e. The highest BCUT2D eigenvalue weighted by Gasteiger charge is 2.50. The van der Waals surface area contributed by atoms with Crippen LogP contribution in [0.1, 0.15) is 22.3 Å². The quantitative estimate of drug-likeness (QED) is 0.479. The van der Waals surface area contributed by atoms with Gasteiger partial charge in [-0.25, -0.2) is 4.79 Å². The summed E-state index contributed by atoms with van der Waals surface area (Å²) in [6.07, 6.45) is 8.55. The Balaban J connectivity index is 1.55. The fourth-order valence-electron chi connectivity index (χ4n) is 3.93. The largest absolute Gasteiger partial charge is 0.365 e. The van der Waals surface area contributed by atoms with Gasteiger partial charge in [0.1, 0.15) is 0 Å². The predicted octanol–water partition coefficient (Wildman–Crippen LogP) is 3.09. The molecule has 116 valence electrons. The first-order valence-corrected chi connectivity index (χ1v) is 7.89. The molecule has 4 nitrogen and oxygen atoms in total. The Morgan fingerprint density at radius 3 is 2.52 bits per heavy atom. The maximum atomic E-state index is 12.1. The zero-order valence-corrected chi connectivity index (χ0v) is 12.8. The molecule has 0 N–H and O–H groups in total. The molecule has 0 aromatic heterocycles. The van der Waals surface area contributed by atoms with Crippen molar-refractivity contribution in [2.45, 2.75) is 13.3 Å². The smallest absolute Gasteiger partial charge is 0.313 e. The van der Waals surface area contributed by atoms with Crippen molar-refractivity contribution in [3.63, 3.8) is 0 Å². The van der Waals surface area contributed by atoms with Gasteiger partial charge in [0.2, 0.25) is 0 Å². The number of nitrogens with zero attached hydrogens (tertiary/aromatic N) is 1. The topological polar surface area (TPSA) is 55.7 Å². The summed E-state index contributed by atoms with van der Waals surface area (Å²) in [6.45, 7) is 1.96. The molecule has 0 spiro atoms. The van der Waals surface area contributed by atoms with Crippen molar-refractivity contribution in [1.29, 1.82) is 0 Å². The van der Waals surface area contributed by atoms with Crippen LogP contribution >= 0.6 is 0 Å². The summed E-state index contributed by atoms with van der Waals surface area (Å²) in [5.74, 6) is 0.338. The Morgan fingerprint density at radius 1 is 1.09 bits per heavy atom. The summed E-state index contributed by atoms with van der Waals surface area (Å²) in [7, 11) is 0. The van der Waals surface area contributed by atoms with E-state index in [0.29, 0.717) is 23.1 Å². The molecule has 0 amide bonds. The molecular formula is C19H17NO3. The fraction of sp³-hybridized carbons (Fsp3) is 0.316. The number of fused-ring (bicyclic) bond motifs is 5. The minimum absolute atomic E-state index is 0.0353. The molecule has 0 aliphatic heterocycles. The summed E-state index contributed by atoms with van der Waals surface area (Å²) < 4.78 is 0. The molecule has 1 aromatic rings. The zero-order chi connectivity index (χ0) is 16.0. The maximum absolute atomic E-state index is 12.1. The first kappa shape index (κ1) is 14.1. The monoisotopic (exact) mass is 307 g/mol. The molecule has 4 heteroatoms. The normalized spacial score (nSPS) is 32.4. The predicted molar refractivity (Wildman–Crippen MR) is 85.9 cm³/mol. The van der Waals surface area contributed by atoms with Gasteiger partial charge in [-0.2, -0.15) is 0 Å². The van der Waals surface area contributed by atoms with Crippen molar-refractivity contribution in [2.24, 2.45) is 28.8 Å². The van der Waals surface area contributed by atoms with Gasteiger partial charge in [0, 0.05) is 11.8 Å². The molecule has 0 radical (unpaired) electrons. The average molecular weight is 307 g/mol. The van der Waals surface area contributed by atoms with E-state index in [1.807, 2.05) is 19.1 Å². The van der Waals surface area contributed by atoms with E-state index in [9.17, 15) is 9.59 Å². The number of hydrogen-bond acceptors (Lipinski definition) is 4. The summed E-state index contributed by atoms with van der Waals surface area (Å²) in [5.41, 5.74) is 2.25. The SMILES string of the molecule is Cc1ccc(C(=O)O/N=C2\C=CC(=O)C3C4C=CC(C4)C23)cc1. The van der Waals surface area contributed by atoms with E-state index < -0.39 is 5.97 Å². The van der Waals surface area contributed by atoms with Crippen LogP contribution in [0.2, 0.25) is 0 Å². The molecule has 4 unspecified atom stereocenters. The lowest BCUT2D eigenvalue weighted by Crippen LogP contribution is -2.35. The Kier molecular flexibility index (Phi) is 3.26. The molecule has 4 rings (SSSR count). The van der Waals surface area contributed by atoms with Gasteiger partial charge >= 0.3 is 5.97 Å². The average Bonchev–Trinajstić information content (AvgIpc) is 3.17. The van der Waals surface area contributed by atoms with Crippen LogP contribution < -0.4 is 0 Å². The lowest BCUT2D eigenvalue weighted by molar-refractivity contribution is -0.119. The van der Waals surface area contributed by atoms with E-state index in [1.165, 1.54) is 0 Å². The molecule has 1 fully saturated rings. The standard InChI is InChI=1S/C19H17NO3/c1-11-2-4-12(5-3-11)19(22)23-20-15-8-9-16(21)18-14-7-6-13(10-14)17(15)18/h2-9,13-14,17-18H,10H2,1H3/b20-15+. The molecule has 3 aliphatic carbocycles. The molecule has 3 aliphatic rings. The van der Waals surface area contributed by atoms with Gasteiger partial charge in [-0.05, 0) is 49.5 Å². The number of oxime groups is 1. The molecule has 0 heterocycles. The van der Waals surface area contributed by atoms with Crippen molar-refractivity contribution >= 4 is 17.5 Å². The van der Waals surface area contributed by atoms with E-state index in [4.69, 9.17) is 4.84 Å². The van der Waals surface area contributed by atoms with Crippen molar-refractivity contribution in [3.05, 3.63) is 59.7 Å². The Labute approximate surface area is 134 Å². The van der Waals surface area contributed by atoms with Crippen LogP contribution in [-0.2, 0) is 9.63 Å². The third-order valence-corrected chi connectivity index (χ3v) is 5.07. The van der Waals surface area contributed by atoms with Crippen LogP contribution in [0.4, 0.5) is 0 Å². The van der Waals surface area contributed by atoms with Gasteiger partial charge in [-0.15, -0.1) is 0 Å². The van der Waals surface area contributed by atoms with Crippen LogP contribution in [0.5, 0.6) is 0 Å². The third kappa shape index (κ3) is 2.34. The molecule has 1 saturated carbocycles. The summed E-state index contributed by atoms with van der Waals surface area (Å²) in [6, 6.07) is 7.17. The first-order chi connectivity index (χ1) is 11.1. The van der Waals surface area contributed by atoms with Crippen LogP contribution in [0.25, 0.3) is 0 Å². The lowest BCUT2D eigenvalue weighted by atomic mass is 9.74. The molecule has 23 heavy (non-hydrogen) atoms. The zero-order valence-electron chi connectivity index (χ0n) is 12.8. The van der Waals surface area contributed by atoms with E-state index in [1.54, 1.807) is 24.3 Å². The van der Waals surface area contributed by atoms with E-state index >= 15 is 0 Å². The summed E-state index contributed by atoms with van der Waals surface area (Å²) >= 11 is 0. The van der Waals surface area contributed by atoms with Crippen LogP contribution in [0.3, 0.4) is 0 Å². The number of benzene rings is 1. The van der Waals surface area contributed by atoms with Gasteiger partial charge in [-0.3, -0.25) is 4.79 Å². The minimum atomic E-state index is -0.474. The fourth-order valence-corrected chi connectivity index (χ4v) is 3.93. The summed E-state index contributed by atoms with van der Waals surface area (Å²) in [4.78, 5) is 29.3. The van der Waals surface area contributed by atoms with Gasteiger partial charge in [0.25, 0.3) is 0 Å². The second-order valence-corrected chi connectivity index (χ2v) is 6.50. The van der Waals surface area contributed by atoms with E-state index in [0.717, 1.165) is 12.0 Å². The number of allylic oxidation sites excluding steroid dienone is 4. The lowest BCUT2D eigenvalue weighted by Gasteiger charge is -2.28. The van der Waals surface area contributed by atoms with E-state index in [2.05, 4.69) is 17.3 Å². The van der Waals surface area contributed by atoms with E-state index in [-0.39, 0.29) is 17.6 Å². The Bertz CT molecular complexity index is 757. The molecule has 4 atom stereocenters. The Hall–Kier alpha value is -2.49. The van der Waals surface area contributed by atoms with Crippen molar-refractivity contribution in [2.75, 3.05) is 0 Å². The highest BCUT2D eigenvalue weighted by molar-refractivity contribution is 6.10. The molecule has 1 aromatic carbocycles. The van der Waals surface area contributed by atoms with Crippen molar-refractivity contribution < 1.29 is 14.4 Å². The maximum Gasteiger partial charge on any atom is 0.365 e. The van der Waals surface area contributed by atoms with Crippen LogP contribution in [0.15, 0.2) is 53.7 Å². The third-order valence-electron chi connectivity index (χ3n) is 5.07. The van der Waals surface area contributed by atoms with Gasteiger partial charge in [0.05, 0.1) is 11.3 Å². The molecule has 0 saturated heterocycles. The highest BCUT2D eigenvalue weighted by atomic mass is 16.7. The number of rotatable bonds is 2. The first-order valence-electron chi connectivity index (χ1n) is 7.89. The summed E-state index contributed by atoms with van der Waals surface area (Å²) in [5, 5.41) is 4.07. The van der Waals surface area contributed by atoms with Crippen LogP contribution in [-0.4, -0.2) is 17.5 Å². The number of carbonyl (C=O) groups excluding carboxylic acids is 2. The molecule has 2 bridgehead atoms. The highest BCUT2D eigenvalue weighted by Crippen LogP contribution is 2.50. The number of ketones is 1. The van der Waals surface area contributed by atoms with Crippen molar-refractivity contribution in [3.8, 4) is 0 Å². The Morgan fingerprint density at radius 2 is 1.78 bits per heavy atom. The number of carbonyl (C=O) groups is 2. The second-order valence-electron chi connectivity index (χ2n) is 6.50.